The number of sulfonamides is 1. The number of ether oxygens (including phenoxy) is 1. The average molecular weight is 376 g/mol. The van der Waals surface area contributed by atoms with Gasteiger partial charge in [-0.15, -0.1) is 0 Å². The Morgan fingerprint density at radius 1 is 1.12 bits per heavy atom. The van der Waals surface area contributed by atoms with Crippen molar-refractivity contribution >= 4 is 21.6 Å². The number of nitrogens with zero attached hydrogens (tertiary/aromatic N) is 1. The Labute approximate surface area is 154 Å². The quantitative estimate of drug-likeness (QED) is 0.769. The molecule has 0 saturated heterocycles. The summed E-state index contributed by atoms with van der Waals surface area (Å²) in [5.74, 6) is 0.544. The lowest BCUT2D eigenvalue weighted by molar-refractivity contribution is 0.0951. The maximum absolute atomic E-state index is 12.3. The van der Waals surface area contributed by atoms with Crippen LogP contribution in [0.3, 0.4) is 0 Å². The molecule has 0 radical (unpaired) electrons. The van der Waals surface area contributed by atoms with Crippen LogP contribution in [-0.2, 0) is 16.6 Å². The molecule has 2 aromatic carbocycles. The molecule has 0 aliphatic rings. The summed E-state index contributed by atoms with van der Waals surface area (Å²) in [6.45, 7) is 4.11. The van der Waals surface area contributed by atoms with Crippen LogP contribution in [0.2, 0.25) is 0 Å². The Morgan fingerprint density at radius 2 is 1.81 bits per heavy atom. The normalized spacial score (nSPS) is 11.0. The van der Waals surface area contributed by atoms with E-state index in [0.717, 1.165) is 11.3 Å². The Kier molecular flexibility index (Phi) is 6.63. The van der Waals surface area contributed by atoms with E-state index in [9.17, 15) is 13.2 Å². The molecule has 1 N–H and O–H groups in total. The second kappa shape index (κ2) is 8.71. The largest absolute Gasteiger partial charge is 0.497 e. The predicted octanol–water partition coefficient (Wildman–Crippen LogP) is 2.80. The molecule has 0 atom stereocenters. The van der Waals surface area contributed by atoms with Crippen LogP contribution in [-0.4, -0.2) is 33.7 Å². The molecule has 0 aromatic heterocycles. The molecule has 6 nitrogen and oxygen atoms in total. The monoisotopic (exact) mass is 376 g/mol. The number of benzene rings is 2. The fourth-order valence-electron chi connectivity index (χ4n) is 2.54. The van der Waals surface area contributed by atoms with Gasteiger partial charge in [0.15, 0.2) is 0 Å². The standard InChI is InChI=1S/C19H24N2O4S/c1-4-21(26(23,24)5-2)17-11-9-16(10-12-17)19(22)20-14-15-7-6-8-18(13-15)25-3/h6-13H,4-5,14H2,1-3H3,(H,20,22). The molecule has 0 aliphatic heterocycles. The van der Waals surface area contributed by atoms with Crippen molar-refractivity contribution in [2.75, 3.05) is 23.7 Å². The second-order valence-corrected chi connectivity index (χ2v) is 7.83. The van der Waals surface area contributed by atoms with Gasteiger partial charge in [-0.1, -0.05) is 12.1 Å². The van der Waals surface area contributed by atoms with Crippen LogP contribution in [0.1, 0.15) is 29.8 Å². The van der Waals surface area contributed by atoms with E-state index in [1.165, 1.54) is 4.31 Å². The van der Waals surface area contributed by atoms with Crippen LogP contribution in [0, 0.1) is 0 Å². The smallest absolute Gasteiger partial charge is 0.251 e. The van der Waals surface area contributed by atoms with Crippen LogP contribution >= 0.6 is 0 Å². The van der Waals surface area contributed by atoms with E-state index in [4.69, 9.17) is 4.74 Å². The molecule has 0 spiro atoms. The second-order valence-electron chi connectivity index (χ2n) is 5.65. The van der Waals surface area contributed by atoms with Crippen molar-refractivity contribution in [2.45, 2.75) is 20.4 Å². The number of nitrogens with one attached hydrogen (secondary N) is 1. The Morgan fingerprint density at radius 3 is 2.38 bits per heavy atom. The van der Waals surface area contributed by atoms with Crippen molar-refractivity contribution in [3.63, 3.8) is 0 Å². The van der Waals surface area contributed by atoms with Crippen LogP contribution in [0.4, 0.5) is 5.69 Å². The maximum Gasteiger partial charge on any atom is 0.251 e. The fourth-order valence-corrected chi connectivity index (χ4v) is 3.69. The molecule has 0 aliphatic carbocycles. The van der Waals surface area contributed by atoms with Gasteiger partial charge in [-0.25, -0.2) is 8.42 Å². The number of hydrogen-bond donors (Lipinski definition) is 1. The first-order valence-electron chi connectivity index (χ1n) is 8.42. The minimum atomic E-state index is -3.33. The number of rotatable bonds is 8. The molecule has 7 heteroatoms. The van der Waals surface area contributed by atoms with E-state index in [1.54, 1.807) is 45.2 Å². The molecule has 0 unspecified atom stereocenters. The van der Waals surface area contributed by atoms with E-state index in [2.05, 4.69) is 5.32 Å². The van der Waals surface area contributed by atoms with Crippen LogP contribution in [0.15, 0.2) is 48.5 Å². The first kappa shape index (κ1) is 19.8. The average Bonchev–Trinajstić information content (AvgIpc) is 2.67. The van der Waals surface area contributed by atoms with Crippen LogP contribution in [0.5, 0.6) is 5.75 Å². The molecule has 140 valence electrons. The summed E-state index contributed by atoms with van der Waals surface area (Å²) >= 11 is 0. The third-order valence-corrected chi connectivity index (χ3v) is 5.86. The van der Waals surface area contributed by atoms with E-state index < -0.39 is 10.0 Å². The lowest BCUT2D eigenvalue weighted by Crippen LogP contribution is -2.32. The van der Waals surface area contributed by atoms with E-state index in [1.807, 2.05) is 24.3 Å². The third-order valence-electron chi connectivity index (χ3n) is 3.99. The molecular formula is C19H24N2O4S. The molecule has 26 heavy (non-hydrogen) atoms. The predicted molar refractivity (Wildman–Crippen MR) is 103 cm³/mol. The van der Waals surface area contributed by atoms with Gasteiger partial charge in [-0.2, -0.15) is 0 Å². The summed E-state index contributed by atoms with van der Waals surface area (Å²) in [6, 6.07) is 14.0. The van der Waals surface area contributed by atoms with E-state index >= 15 is 0 Å². The topological polar surface area (TPSA) is 75.7 Å². The van der Waals surface area contributed by atoms with Crippen molar-refractivity contribution in [1.82, 2.24) is 5.32 Å². The van der Waals surface area contributed by atoms with Crippen LogP contribution in [0.25, 0.3) is 0 Å². The van der Waals surface area contributed by atoms with Crippen molar-refractivity contribution in [2.24, 2.45) is 0 Å². The number of methoxy groups -OCH3 is 1. The van der Waals surface area contributed by atoms with E-state index in [-0.39, 0.29) is 11.7 Å². The highest BCUT2D eigenvalue weighted by atomic mass is 32.2. The maximum atomic E-state index is 12.3. The highest BCUT2D eigenvalue weighted by Crippen LogP contribution is 2.19. The van der Waals surface area contributed by atoms with E-state index in [0.29, 0.717) is 24.3 Å². The number of anilines is 1. The zero-order chi connectivity index (χ0) is 19.2. The third kappa shape index (κ3) is 4.76. The van der Waals surface area contributed by atoms with Gasteiger partial charge < -0.3 is 10.1 Å². The Hall–Kier alpha value is -2.54. The molecule has 2 rings (SSSR count). The zero-order valence-electron chi connectivity index (χ0n) is 15.2. The van der Waals surface area contributed by atoms with Gasteiger partial charge in [0.1, 0.15) is 5.75 Å². The van der Waals surface area contributed by atoms with Crippen molar-refractivity contribution < 1.29 is 17.9 Å². The van der Waals surface area contributed by atoms with Gasteiger partial charge in [-0.05, 0) is 55.8 Å². The van der Waals surface area contributed by atoms with Crippen molar-refractivity contribution in [3.8, 4) is 5.75 Å². The fraction of sp³-hybridized carbons (Fsp3) is 0.316. The van der Waals surface area contributed by atoms with Gasteiger partial charge in [0.25, 0.3) is 5.91 Å². The molecular weight excluding hydrogens is 352 g/mol. The number of amides is 1. The molecule has 0 bridgehead atoms. The van der Waals surface area contributed by atoms with Gasteiger partial charge in [-0.3, -0.25) is 9.10 Å². The van der Waals surface area contributed by atoms with Gasteiger partial charge in [0, 0.05) is 18.7 Å². The number of hydrogen-bond acceptors (Lipinski definition) is 4. The van der Waals surface area contributed by atoms with Gasteiger partial charge >= 0.3 is 0 Å². The first-order valence-corrected chi connectivity index (χ1v) is 10.0. The summed E-state index contributed by atoms with van der Waals surface area (Å²) in [5.41, 5.74) is 1.96. The van der Waals surface area contributed by atoms with Crippen LogP contribution < -0.4 is 14.4 Å². The highest BCUT2D eigenvalue weighted by Gasteiger charge is 2.18. The summed E-state index contributed by atoms with van der Waals surface area (Å²) in [4.78, 5) is 12.3. The minimum absolute atomic E-state index is 0.0314. The molecule has 0 saturated carbocycles. The van der Waals surface area contributed by atoms with Gasteiger partial charge in [0.05, 0.1) is 18.6 Å². The summed E-state index contributed by atoms with van der Waals surface area (Å²) in [7, 11) is -1.73. The summed E-state index contributed by atoms with van der Waals surface area (Å²) in [5, 5.41) is 2.84. The zero-order valence-corrected chi connectivity index (χ0v) is 16.0. The van der Waals surface area contributed by atoms with Gasteiger partial charge in [0.2, 0.25) is 10.0 Å². The molecule has 0 heterocycles. The Balaban J connectivity index is 2.06. The summed E-state index contributed by atoms with van der Waals surface area (Å²) in [6.07, 6.45) is 0. The molecule has 1 amide bonds. The molecule has 2 aromatic rings. The lowest BCUT2D eigenvalue weighted by atomic mass is 10.1. The van der Waals surface area contributed by atoms with Crippen molar-refractivity contribution in [1.29, 1.82) is 0 Å². The van der Waals surface area contributed by atoms with Crippen molar-refractivity contribution in [3.05, 3.63) is 59.7 Å². The minimum Gasteiger partial charge on any atom is -0.497 e. The number of carbonyl (C=O) groups is 1. The SMILES string of the molecule is CCN(c1ccc(C(=O)NCc2cccc(OC)c2)cc1)S(=O)(=O)CC. The summed E-state index contributed by atoms with van der Waals surface area (Å²) < 4.78 is 30.7. The lowest BCUT2D eigenvalue weighted by Gasteiger charge is -2.22. The Bertz CT molecular complexity index is 848. The highest BCUT2D eigenvalue weighted by molar-refractivity contribution is 7.92. The first-order chi connectivity index (χ1) is 12.4. The molecule has 0 fully saturated rings. The number of carbonyl (C=O) groups excluding carboxylic acids is 1.